The molecule has 23 nitrogen and oxygen atoms in total. The van der Waals surface area contributed by atoms with Crippen molar-refractivity contribution < 1.29 is 56.3 Å². The lowest BCUT2D eigenvalue weighted by molar-refractivity contribution is 0.00578. The van der Waals surface area contributed by atoms with Crippen LogP contribution in [0, 0.1) is 71.7 Å². The Morgan fingerprint density at radius 2 is 0.871 bits per heavy atom. The summed E-state index contributed by atoms with van der Waals surface area (Å²) in [6.07, 6.45) is 5.29. The number of halogens is 6. The van der Waals surface area contributed by atoms with Gasteiger partial charge in [0.25, 0.3) is 11.8 Å². The van der Waals surface area contributed by atoms with E-state index in [1.54, 1.807) is 109 Å². The van der Waals surface area contributed by atoms with Crippen LogP contribution in [-0.2, 0) is 9.31 Å². The van der Waals surface area contributed by atoms with Gasteiger partial charge in [0, 0.05) is 27.5 Å². The Morgan fingerprint density at radius 1 is 0.515 bits per heavy atom. The Morgan fingerprint density at radius 3 is 1.21 bits per heavy atom. The number of carbonyl (C=O) groups is 4. The molecular formula is C68H68BBr2F4N15O8S3. The number of hydrogen-bond donors (Lipinski definition) is 4. The van der Waals surface area contributed by atoms with Gasteiger partial charge >= 0.3 is 19.1 Å². The maximum absolute atomic E-state index is 14.6. The highest BCUT2D eigenvalue weighted by Crippen LogP contribution is 2.38. The van der Waals surface area contributed by atoms with Gasteiger partial charge in [-0.05, 0) is 231 Å². The zero-order valence-electron chi connectivity index (χ0n) is 57.2. The molecule has 7 aromatic heterocycles. The summed E-state index contributed by atoms with van der Waals surface area (Å²) in [6.45, 7) is 28.8. The second kappa shape index (κ2) is 33.0. The van der Waals surface area contributed by atoms with Gasteiger partial charge in [0.1, 0.15) is 46.3 Å². The number of amides is 2. The molecule has 1 saturated heterocycles. The van der Waals surface area contributed by atoms with Gasteiger partial charge < -0.3 is 30.2 Å². The molecule has 33 heteroatoms. The first-order valence-electron chi connectivity index (χ1n) is 30.8. The van der Waals surface area contributed by atoms with E-state index in [1.807, 2.05) is 54.7 Å². The van der Waals surface area contributed by atoms with E-state index >= 15 is 0 Å². The van der Waals surface area contributed by atoms with Crippen molar-refractivity contribution in [2.24, 2.45) is 0 Å². The summed E-state index contributed by atoms with van der Waals surface area (Å²) in [6, 6.07) is 21.0. The third kappa shape index (κ3) is 19.2. The lowest BCUT2D eigenvalue weighted by atomic mass is 9.89. The summed E-state index contributed by atoms with van der Waals surface area (Å²) in [4.78, 5) is 69.9. The average molecular weight is 1570 g/mol. The fourth-order valence-electron chi connectivity index (χ4n) is 9.31. The number of carboxylic acids is 2. The van der Waals surface area contributed by atoms with E-state index < -0.39 is 47.0 Å². The Labute approximate surface area is 607 Å². The molecule has 526 valence electrons. The number of benzene rings is 4. The summed E-state index contributed by atoms with van der Waals surface area (Å²) >= 11 is 10.8. The fraction of sp³-hybridized carbons (Fsp3) is 0.279. The third-order valence-corrected chi connectivity index (χ3v) is 19.9. The smallest absolute Gasteiger partial charge is 0.478 e. The van der Waals surface area contributed by atoms with Gasteiger partial charge in [-0.3, -0.25) is 14.6 Å². The number of hydrogen-bond acceptors (Lipinski definition) is 20. The Hall–Kier alpha value is -9.25. The number of pyridine rings is 2. The number of thiazole rings is 3. The van der Waals surface area contributed by atoms with Gasteiger partial charge in [-0.15, -0.1) is 44.2 Å². The van der Waals surface area contributed by atoms with E-state index in [2.05, 4.69) is 126 Å². The monoisotopic (exact) mass is 1560 g/mol. The zero-order chi connectivity index (χ0) is 74.1. The number of nitrogens with one attached hydrogen (secondary N) is 2. The molecule has 4 N–H and O–H groups in total. The Kier molecular flexibility index (Phi) is 25.3. The molecule has 1 aliphatic heterocycles. The maximum Gasteiger partial charge on any atom is 0.507 e. The molecule has 8 heterocycles. The number of anilines is 2. The molecule has 1 fully saturated rings. The molecule has 12 rings (SSSR count). The van der Waals surface area contributed by atoms with Crippen molar-refractivity contribution in [3.63, 3.8) is 0 Å². The van der Waals surface area contributed by atoms with Crippen LogP contribution in [0.1, 0.15) is 146 Å². The summed E-state index contributed by atoms with van der Waals surface area (Å²) in [5.74, 6) is -4.79. The molecule has 11 aromatic rings. The molecule has 0 aliphatic carbocycles. The van der Waals surface area contributed by atoms with Crippen molar-refractivity contribution in [1.29, 1.82) is 0 Å². The number of aromatic nitrogens is 13. The Bertz CT molecular complexity index is 4590. The first-order chi connectivity index (χ1) is 47.5. The largest absolute Gasteiger partial charge is 0.507 e. The van der Waals surface area contributed by atoms with Crippen molar-refractivity contribution >= 4 is 113 Å². The number of carboxylic acid groups (broad SMARTS) is 2. The van der Waals surface area contributed by atoms with Crippen molar-refractivity contribution in [3.8, 4) is 43.9 Å². The number of aryl methyl sites for hydroxylation is 7. The van der Waals surface area contributed by atoms with Crippen molar-refractivity contribution in [1.82, 2.24) is 65.3 Å². The lowest BCUT2D eigenvalue weighted by Crippen LogP contribution is -2.41. The molecule has 2 amide bonds. The summed E-state index contributed by atoms with van der Waals surface area (Å²) in [5.41, 5.74) is 4.09. The highest BCUT2D eigenvalue weighted by atomic mass is 79.9. The third-order valence-electron chi connectivity index (χ3n) is 15.4. The highest BCUT2D eigenvalue weighted by Gasteiger charge is 2.52. The molecule has 4 aromatic carbocycles. The predicted octanol–water partition coefficient (Wildman–Crippen LogP) is 15.8. The number of aromatic carboxylic acids is 2. The van der Waals surface area contributed by atoms with E-state index in [0.29, 0.717) is 43.1 Å². The van der Waals surface area contributed by atoms with Crippen LogP contribution in [0.15, 0.2) is 112 Å². The molecule has 0 radical (unpaired) electrons. The lowest BCUT2D eigenvalue weighted by Gasteiger charge is -2.32. The van der Waals surface area contributed by atoms with Gasteiger partial charge in [-0.2, -0.15) is 0 Å². The van der Waals surface area contributed by atoms with Gasteiger partial charge in [0.05, 0.1) is 75.1 Å². The van der Waals surface area contributed by atoms with E-state index in [4.69, 9.17) is 19.5 Å². The summed E-state index contributed by atoms with van der Waals surface area (Å²) < 4.78 is 72.3. The molecular weight excluding hydrogens is 1500 g/mol. The second-order valence-corrected chi connectivity index (χ2v) is 29.7. The van der Waals surface area contributed by atoms with Gasteiger partial charge in [0.15, 0.2) is 0 Å². The zero-order valence-corrected chi connectivity index (χ0v) is 62.8. The number of tetrazole rings is 2. The van der Waals surface area contributed by atoms with E-state index in [-0.39, 0.29) is 64.3 Å². The molecule has 0 unspecified atom stereocenters. The van der Waals surface area contributed by atoms with Crippen LogP contribution >= 0.6 is 65.9 Å². The summed E-state index contributed by atoms with van der Waals surface area (Å²) in [5, 5.41) is 48.6. The fourth-order valence-corrected chi connectivity index (χ4v) is 12.5. The van der Waals surface area contributed by atoms with Crippen LogP contribution in [-0.4, -0.2) is 118 Å². The molecule has 0 atom stereocenters. The predicted molar refractivity (Wildman–Crippen MR) is 387 cm³/mol. The molecule has 0 saturated carbocycles. The average Bonchev–Trinajstić information content (AvgIpc) is 1.63. The van der Waals surface area contributed by atoms with Gasteiger partial charge in [-0.25, -0.2) is 56.5 Å². The minimum atomic E-state index is -1.26. The normalized spacial score (nSPS) is 12.7. The minimum Gasteiger partial charge on any atom is -0.478 e. The summed E-state index contributed by atoms with van der Waals surface area (Å²) in [7, 11) is -0.263. The van der Waals surface area contributed by atoms with Crippen LogP contribution in [0.4, 0.5) is 29.2 Å². The van der Waals surface area contributed by atoms with E-state index in [1.165, 1.54) is 59.1 Å². The minimum absolute atomic E-state index is 0.0421. The van der Waals surface area contributed by atoms with Crippen molar-refractivity contribution in [2.75, 3.05) is 10.6 Å². The molecule has 0 bridgehead atoms. The van der Waals surface area contributed by atoms with Crippen LogP contribution < -0.4 is 15.4 Å². The topological polar surface area (TPSA) is 303 Å². The quantitative estimate of drug-likeness (QED) is 0.0616. The molecule has 101 heavy (non-hydrogen) atoms. The van der Waals surface area contributed by atoms with Crippen molar-refractivity contribution in [3.05, 3.63) is 195 Å². The molecule has 1 aliphatic rings. The number of nitrogens with zero attached hydrogens (tertiary/aromatic N) is 13. The van der Waals surface area contributed by atoms with Gasteiger partial charge in [0.2, 0.25) is 11.6 Å². The van der Waals surface area contributed by atoms with E-state index in [9.17, 15) is 36.7 Å². The second-order valence-electron chi connectivity index (χ2n) is 24.2. The number of carbonyl (C=O) groups excluding carboxylic acids is 2. The van der Waals surface area contributed by atoms with Crippen LogP contribution in [0.25, 0.3) is 43.9 Å². The SMILES string of the molecule is Cc1cc(F)c(C(=O)O)cc1Br.Cc1cc(F)c(C(=O)O)cc1Br.Cc1ncc(-c2cc(C(=O)Nc3cccc(-c4nnnn4C(C)C)n3)c(F)cc2C)s1.Cc1ncc(-c2cc(C(=O)Nc3cccc(-c4nnnn4C(C)C)n3)c(F)cc2C)s1.Cc1ncc(B2OC(C)(C)C(C)(C)O2)s1. The van der Waals surface area contributed by atoms with E-state index in [0.717, 1.165) is 51.8 Å². The standard InChI is InChI=1S/2C21H20FN7OS.C10H16BNO2S.2C8H6BrFO2/c2*1-11(2)29-20(26-27-28-29)17-6-5-7-19(24-17)25-21(30)15-9-14(12(3)8-16(15)22)18-10-23-13(4)31-18;1-7-12-6-8(15-7)11-13-9(2,3)10(4,5)14-11;2*1-4-2-7(10)5(8(11)12)3-6(4)9/h2*5-11H,1-4H3,(H,24,25,30);6H,1-5H3;2*2-3H,1H3,(H,11,12). The first-order valence-corrected chi connectivity index (χ1v) is 34.8. The van der Waals surface area contributed by atoms with Crippen LogP contribution in [0.3, 0.4) is 0 Å². The Balaban J connectivity index is 0.000000171. The number of rotatable bonds is 13. The maximum atomic E-state index is 14.6. The van der Waals surface area contributed by atoms with Crippen molar-refractivity contribution in [2.45, 2.75) is 127 Å². The van der Waals surface area contributed by atoms with Crippen LogP contribution in [0.2, 0.25) is 0 Å². The van der Waals surface area contributed by atoms with Gasteiger partial charge in [-0.1, -0.05) is 44.0 Å². The molecule has 0 spiro atoms. The highest BCUT2D eigenvalue weighted by molar-refractivity contribution is 9.10. The first kappa shape index (κ1) is 77.5. The van der Waals surface area contributed by atoms with Crippen LogP contribution in [0.5, 0.6) is 0 Å².